The van der Waals surface area contributed by atoms with Crippen LogP contribution in [0.5, 0.6) is 5.88 Å². The van der Waals surface area contributed by atoms with Crippen molar-refractivity contribution >= 4 is 15.7 Å². The number of hydrogen-bond donors (Lipinski definition) is 1. The molecule has 5 nitrogen and oxygen atoms in total. The van der Waals surface area contributed by atoms with Gasteiger partial charge in [-0.2, -0.15) is 0 Å². The number of benzene rings is 1. The Labute approximate surface area is 116 Å². The van der Waals surface area contributed by atoms with Gasteiger partial charge < -0.3 is 4.74 Å². The van der Waals surface area contributed by atoms with Gasteiger partial charge in [-0.1, -0.05) is 0 Å². The van der Waals surface area contributed by atoms with Crippen LogP contribution in [0.15, 0.2) is 47.5 Å². The van der Waals surface area contributed by atoms with Gasteiger partial charge in [0, 0.05) is 6.20 Å². The fraction of sp³-hybridized carbons (Fsp3) is 0.154. The molecule has 1 aromatic heterocycles. The van der Waals surface area contributed by atoms with Crippen LogP contribution in [0.25, 0.3) is 0 Å². The topological polar surface area (TPSA) is 68.3 Å². The number of anilines is 1. The van der Waals surface area contributed by atoms with Crippen LogP contribution < -0.4 is 9.46 Å². The molecule has 2 aromatic rings. The summed E-state index contributed by atoms with van der Waals surface area (Å²) in [6.45, 7) is 2.13. The lowest BCUT2D eigenvalue weighted by Crippen LogP contribution is -2.14. The predicted molar refractivity (Wildman–Crippen MR) is 72.6 cm³/mol. The summed E-state index contributed by atoms with van der Waals surface area (Å²) in [6.07, 6.45) is 1.50. The molecule has 1 aromatic carbocycles. The van der Waals surface area contributed by atoms with E-state index in [-0.39, 0.29) is 16.5 Å². The Morgan fingerprint density at radius 2 is 1.95 bits per heavy atom. The summed E-state index contributed by atoms with van der Waals surface area (Å²) in [7, 11) is -3.81. The zero-order valence-corrected chi connectivity index (χ0v) is 11.5. The van der Waals surface area contributed by atoms with Crippen LogP contribution in [-0.2, 0) is 10.0 Å². The number of rotatable bonds is 5. The number of sulfonamides is 1. The molecular weight excluding hydrogens is 283 g/mol. The molecule has 106 valence electrons. The highest BCUT2D eigenvalue weighted by atomic mass is 32.2. The molecule has 1 heterocycles. The number of aromatic nitrogens is 1. The van der Waals surface area contributed by atoms with Crippen LogP contribution in [0.3, 0.4) is 0 Å². The van der Waals surface area contributed by atoms with Gasteiger partial charge in [0.05, 0.1) is 11.5 Å². The number of ether oxygens (including phenoxy) is 1. The molecule has 7 heteroatoms. The van der Waals surface area contributed by atoms with Gasteiger partial charge >= 0.3 is 0 Å². The van der Waals surface area contributed by atoms with E-state index >= 15 is 0 Å². The zero-order chi connectivity index (χ0) is 14.6. The van der Waals surface area contributed by atoms with Crippen LogP contribution >= 0.6 is 0 Å². The predicted octanol–water partition coefficient (Wildman–Crippen LogP) is 2.42. The quantitative estimate of drug-likeness (QED) is 0.920. The molecule has 0 aliphatic rings. The van der Waals surface area contributed by atoms with E-state index in [1.165, 1.54) is 18.3 Å². The van der Waals surface area contributed by atoms with Crippen molar-refractivity contribution in [3.63, 3.8) is 0 Å². The minimum atomic E-state index is -3.81. The molecule has 20 heavy (non-hydrogen) atoms. The van der Waals surface area contributed by atoms with Crippen LogP contribution in [0.2, 0.25) is 0 Å². The third-order valence-corrected chi connectivity index (χ3v) is 3.80. The first kappa shape index (κ1) is 14.3. The summed E-state index contributed by atoms with van der Waals surface area (Å²) >= 11 is 0. The second-order valence-electron chi connectivity index (χ2n) is 3.85. The summed E-state index contributed by atoms with van der Waals surface area (Å²) in [6, 6.07) is 7.68. The molecule has 1 N–H and O–H groups in total. The van der Waals surface area contributed by atoms with Crippen molar-refractivity contribution in [1.29, 1.82) is 0 Å². The van der Waals surface area contributed by atoms with Gasteiger partial charge in [-0.15, -0.1) is 0 Å². The third kappa shape index (κ3) is 3.24. The molecule has 2 rings (SSSR count). The summed E-state index contributed by atoms with van der Waals surface area (Å²) in [4.78, 5) is 3.91. The first-order valence-electron chi connectivity index (χ1n) is 5.89. The van der Waals surface area contributed by atoms with E-state index in [0.717, 1.165) is 12.1 Å². The fourth-order valence-electron chi connectivity index (χ4n) is 1.54. The van der Waals surface area contributed by atoms with Crippen molar-refractivity contribution in [3.05, 3.63) is 48.4 Å². The average Bonchev–Trinajstić information content (AvgIpc) is 2.41. The fourth-order valence-corrected chi connectivity index (χ4v) is 2.59. The van der Waals surface area contributed by atoms with Crippen molar-refractivity contribution in [3.8, 4) is 5.88 Å². The van der Waals surface area contributed by atoms with Crippen LogP contribution in [0.1, 0.15) is 6.92 Å². The van der Waals surface area contributed by atoms with Crippen LogP contribution in [0.4, 0.5) is 10.1 Å². The van der Waals surface area contributed by atoms with Crippen molar-refractivity contribution in [2.45, 2.75) is 11.8 Å². The Morgan fingerprint density at radius 3 is 2.60 bits per heavy atom. The van der Waals surface area contributed by atoms with Gasteiger partial charge in [-0.05, 0) is 43.3 Å². The van der Waals surface area contributed by atoms with Gasteiger partial charge in [0.2, 0.25) is 5.88 Å². The smallest absolute Gasteiger partial charge is 0.262 e. The number of hydrogen-bond acceptors (Lipinski definition) is 4. The van der Waals surface area contributed by atoms with Gasteiger partial charge in [-0.3, -0.25) is 4.72 Å². The lowest BCUT2D eigenvalue weighted by molar-refractivity contribution is 0.329. The highest BCUT2D eigenvalue weighted by Gasteiger charge is 2.16. The van der Waals surface area contributed by atoms with E-state index in [0.29, 0.717) is 6.61 Å². The summed E-state index contributed by atoms with van der Waals surface area (Å²) in [5.74, 6) is -0.305. The molecule has 0 saturated carbocycles. The van der Waals surface area contributed by atoms with Gasteiger partial charge in [-0.25, -0.2) is 17.8 Å². The van der Waals surface area contributed by atoms with Gasteiger partial charge in [0.1, 0.15) is 11.5 Å². The molecular formula is C13H13FN2O3S. The van der Waals surface area contributed by atoms with E-state index in [1.807, 2.05) is 0 Å². The number of nitrogens with zero attached hydrogens (tertiary/aromatic N) is 1. The minimum Gasteiger partial charge on any atom is -0.476 e. The van der Waals surface area contributed by atoms with Crippen LogP contribution in [-0.4, -0.2) is 20.0 Å². The SMILES string of the molecule is CCOc1ncccc1NS(=O)(=O)c1ccc(F)cc1. The van der Waals surface area contributed by atoms with E-state index in [2.05, 4.69) is 9.71 Å². The Hall–Kier alpha value is -2.15. The molecule has 0 unspecified atom stereocenters. The molecule has 0 radical (unpaired) electrons. The van der Waals surface area contributed by atoms with Crippen LogP contribution in [0, 0.1) is 5.82 Å². The molecule has 0 saturated heterocycles. The second kappa shape index (κ2) is 5.87. The maximum Gasteiger partial charge on any atom is 0.262 e. The maximum atomic E-state index is 12.8. The Morgan fingerprint density at radius 1 is 1.25 bits per heavy atom. The molecule has 0 spiro atoms. The lowest BCUT2D eigenvalue weighted by atomic mass is 10.4. The number of halogens is 1. The van der Waals surface area contributed by atoms with E-state index < -0.39 is 15.8 Å². The molecule has 0 amide bonds. The maximum absolute atomic E-state index is 12.8. The van der Waals surface area contributed by atoms with Crippen molar-refractivity contribution < 1.29 is 17.5 Å². The highest BCUT2D eigenvalue weighted by Crippen LogP contribution is 2.24. The van der Waals surface area contributed by atoms with Crippen molar-refractivity contribution in [1.82, 2.24) is 4.98 Å². The molecule has 0 fully saturated rings. The number of pyridine rings is 1. The molecule has 0 aliphatic heterocycles. The first-order valence-corrected chi connectivity index (χ1v) is 7.37. The third-order valence-electron chi connectivity index (χ3n) is 2.42. The van der Waals surface area contributed by atoms with Gasteiger partial charge in [0.15, 0.2) is 0 Å². The Bertz CT molecular complexity index is 687. The molecule has 0 bridgehead atoms. The minimum absolute atomic E-state index is 0.0369. The lowest BCUT2D eigenvalue weighted by Gasteiger charge is -2.11. The normalized spacial score (nSPS) is 11.1. The molecule has 0 atom stereocenters. The van der Waals surface area contributed by atoms with Crippen molar-refractivity contribution in [2.24, 2.45) is 0 Å². The summed E-state index contributed by atoms with van der Waals surface area (Å²) < 4.78 is 44.7. The largest absolute Gasteiger partial charge is 0.476 e. The van der Waals surface area contributed by atoms with E-state index in [4.69, 9.17) is 4.74 Å². The van der Waals surface area contributed by atoms with Crippen molar-refractivity contribution in [2.75, 3.05) is 11.3 Å². The standard InChI is InChI=1S/C13H13FN2O3S/c1-2-19-13-12(4-3-9-15-13)16-20(17,18)11-7-5-10(14)6-8-11/h3-9,16H,2H2,1H3. The molecule has 0 aliphatic carbocycles. The number of nitrogens with one attached hydrogen (secondary N) is 1. The van der Waals surface area contributed by atoms with E-state index in [9.17, 15) is 12.8 Å². The summed E-state index contributed by atoms with van der Waals surface area (Å²) in [5, 5.41) is 0. The highest BCUT2D eigenvalue weighted by molar-refractivity contribution is 7.92. The zero-order valence-electron chi connectivity index (χ0n) is 10.7. The first-order chi connectivity index (χ1) is 9.53. The summed E-state index contributed by atoms with van der Waals surface area (Å²) in [5.41, 5.74) is 0.235. The van der Waals surface area contributed by atoms with Gasteiger partial charge in [0.25, 0.3) is 10.0 Å². The Kier molecular flexibility index (Phi) is 4.19. The second-order valence-corrected chi connectivity index (χ2v) is 5.53. The Balaban J connectivity index is 2.31. The average molecular weight is 296 g/mol. The van der Waals surface area contributed by atoms with E-state index in [1.54, 1.807) is 19.1 Å². The monoisotopic (exact) mass is 296 g/mol.